The number of nitrogens with zero attached hydrogens (tertiary/aromatic N) is 1. The van der Waals surface area contributed by atoms with Gasteiger partial charge in [0.2, 0.25) is 15.9 Å². The van der Waals surface area contributed by atoms with E-state index in [2.05, 4.69) is 15.5 Å². The lowest BCUT2D eigenvalue weighted by Crippen LogP contribution is -2.51. The molecular formula is C22H30N4O4S2. The van der Waals surface area contributed by atoms with Crippen molar-refractivity contribution in [3.05, 3.63) is 51.7 Å². The number of likely N-dealkylation sites (tertiary alicyclic amines) is 1. The summed E-state index contributed by atoms with van der Waals surface area (Å²) >= 11 is 1.49. The van der Waals surface area contributed by atoms with E-state index in [0.29, 0.717) is 13.0 Å². The fraction of sp³-hybridized carbons (Fsp3) is 0.455. The minimum atomic E-state index is -3.70. The first-order chi connectivity index (χ1) is 15.1. The molecule has 0 radical (unpaired) electrons. The highest BCUT2D eigenvalue weighted by Gasteiger charge is 2.27. The van der Waals surface area contributed by atoms with Crippen molar-refractivity contribution in [3.63, 3.8) is 0 Å². The first-order valence-corrected chi connectivity index (χ1v) is 13.0. The molecule has 2 amide bonds. The number of aryl methyl sites for hydroxylation is 1. The first kappa shape index (κ1) is 24.4. The Kier molecular flexibility index (Phi) is 8.05. The number of piperidine rings is 1. The maximum Gasteiger partial charge on any atom is 0.261 e. The summed E-state index contributed by atoms with van der Waals surface area (Å²) in [5.74, 6) is -0.0628. The molecule has 1 aromatic heterocycles. The van der Waals surface area contributed by atoms with Crippen molar-refractivity contribution in [1.82, 2.24) is 15.5 Å². The minimum absolute atomic E-state index is 0.0237. The second-order valence-electron chi connectivity index (χ2n) is 8.10. The standard InChI is InChI=1S/C22H30N4O4S2/c1-15-3-8-20(31-15)22(28)25-18-10-13-26(14-11-18)16(2)21(27)24-12-9-17-4-6-19(7-5-17)32(23,29)30/h3-8,16,18H,9-14H2,1-2H3,(H,24,27)(H,25,28)(H2,23,29,30). The Bertz CT molecular complexity index is 1040. The highest BCUT2D eigenvalue weighted by Crippen LogP contribution is 2.18. The van der Waals surface area contributed by atoms with Gasteiger partial charge >= 0.3 is 0 Å². The molecule has 10 heteroatoms. The summed E-state index contributed by atoms with van der Waals surface area (Å²) in [6, 6.07) is 10.0. The van der Waals surface area contributed by atoms with Crippen LogP contribution in [0.25, 0.3) is 0 Å². The van der Waals surface area contributed by atoms with E-state index in [-0.39, 0.29) is 28.8 Å². The van der Waals surface area contributed by atoms with Crippen molar-refractivity contribution >= 4 is 33.2 Å². The van der Waals surface area contributed by atoms with Crippen LogP contribution in [0.1, 0.15) is 39.9 Å². The number of thiophene rings is 1. The van der Waals surface area contributed by atoms with Crippen molar-refractivity contribution in [3.8, 4) is 0 Å². The quantitative estimate of drug-likeness (QED) is 0.533. The predicted molar refractivity (Wildman–Crippen MR) is 125 cm³/mol. The number of sulfonamides is 1. The van der Waals surface area contributed by atoms with Crippen LogP contribution < -0.4 is 15.8 Å². The molecule has 0 aliphatic carbocycles. The van der Waals surface area contributed by atoms with E-state index in [1.807, 2.05) is 26.0 Å². The zero-order valence-electron chi connectivity index (χ0n) is 18.3. The number of hydrogen-bond donors (Lipinski definition) is 3. The van der Waals surface area contributed by atoms with E-state index in [0.717, 1.165) is 41.2 Å². The molecule has 0 saturated carbocycles. The molecule has 2 heterocycles. The highest BCUT2D eigenvalue weighted by atomic mass is 32.2. The van der Waals surface area contributed by atoms with Gasteiger partial charge in [0.25, 0.3) is 5.91 Å². The Hall–Kier alpha value is -2.27. The number of hydrogen-bond acceptors (Lipinski definition) is 6. The van der Waals surface area contributed by atoms with Gasteiger partial charge in [-0.2, -0.15) is 0 Å². The van der Waals surface area contributed by atoms with E-state index in [9.17, 15) is 18.0 Å². The van der Waals surface area contributed by atoms with Crippen LogP contribution in [0.15, 0.2) is 41.3 Å². The lowest BCUT2D eigenvalue weighted by molar-refractivity contribution is -0.126. The van der Waals surface area contributed by atoms with E-state index in [4.69, 9.17) is 5.14 Å². The second-order valence-corrected chi connectivity index (χ2v) is 10.9. The molecule has 1 aromatic carbocycles. The zero-order valence-corrected chi connectivity index (χ0v) is 20.0. The Labute approximate surface area is 193 Å². The van der Waals surface area contributed by atoms with E-state index in [1.165, 1.54) is 23.5 Å². The maximum absolute atomic E-state index is 12.5. The van der Waals surface area contributed by atoms with Gasteiger partial charge in [-0.25, -0.2) is 13.6 Å². The largest absolute Gasteiger partial charge is 0.354 e. The van der Waals surface area contributed by atoms with Crippen LogP contribution in [0.4, 0.5) is 0 Å². The summed E-state index contributed by atoms with van der Waals surface area (Å²) in [6.45, 7) is 5.83. The average molecular weight is 479 g/mol. The molecule has 2 aromatic rings. The zero-order chi connectivity index (χ0) is 23.3. The number of amides is 2. The summed E-state index contributed by atoms with van der Waals surface area (Å²) in [5.41, 5.74) is 0.919. The molecule has 1 fully saturated rings. The molecule has 0 bridgehead atoms. The average Bonchev–Trinajstić information content (AvgIpc) is 3.20. The molecule has 1 saturated heterocycles. The van der Waals surface area contributed by atoms with Crippen molar-refractivity contribution in [1.29, 1.82) is 0 Å². The third-order valence-electron chi connectivity index (χ3n) is 5.72. The van der Waals surface area contributed by atoms with Crippen molar-refractivity contribution < 1.29 is 18.0 Å². The molecule has 3 rings (SSSR count). The molecule has 1 aliphatic rings. The Balaban J connectivity index is 1.39. The van der Waals surface area contributed by atoms with Crippen LogP contribution in [-0.4, -0.2) is 56.9 Å². The third kappa shape index (κ3) is 6.61. The van der Waals surface area contributed by atoms with Crippen LogP contribution in [-0.2, 0) is 21.2 Å². The van der Waals surface area contributed by atoms with Crippen LogP contribution in [0.3, 0.4) is 0 Å². The topological polar surface area (TPSA) is 122 Å². The number of nitrogens with one attached hydrogen (secondary N) is 2. The highest BCUT2D eigenvalue weighted by molar-refractivity contribution is 7.89. The van der Waals surface area contributed by atoms with Crippen LogP contribution in [0.2, 0.25) is 0 Å². The van der Waals surface area contributed by atoms with Crippen molar-refractivity contribution in [2.45, 2.75) is 50.1 Å². The molecule has 1 atom stereocenters. The molecule has 32 heavy (non-hydrogen) atoms. The number of carbonyl (C=O) groups excluding carboxylic acids is 2. The Morgan fingerprint density at radius 1 is 1.16 bits per heavy atom. The molecule has 1 aliphatic heterocycles. The molecule has 174 valence electrons. The fourth-order valence-electron chi connectivity index (χ4n) is 3.73. The van der Waals surface area contributed by atoms with Crippen LogP contribution >= 0.6 is 11.3 Å². The van der Waals surface area contributed by atoms with Gasteiger partial charge in [0.05, 0.1) is 15.8 Å². The maximum atomic E-state index is 12.5. The number of carbonyl (C=O) groups is 2. The molecule has 1 unspecified atom stereocenters. The van der Waals surface area contributed by atoms with E-state index < -0.39 is 10.0 Å². The molecule has 0 spiro atoms. The molecule has 8 nitrogen and oxygen atoms in total. The van der Waals surface area contributed by atoms with Crippen molar-refractivity contribution in [2.75, 3.05) is 19.6 Å². The monoisotopic (exact) mass is 478 g/mol. The second kappa shape index (κ2) is 10.6. The van der Waals surface area contributed by atoms with Gasteiger partial charge < -0.3 is 10.6 Å². The van der Waals surface area contributed by atoms with Crippen LogP contribution in [0, 0.1) is 6.92 Å². The normalized spacial score (nSPS) is 16.5. The summed E-state index contributed by atoms with van der Waals surface area (Å²) in [6.07, 6.45) is 2.22. The lowest BCUT2D eigenvalue weighted by Gasteiger charge is -2.35. The lowest BCUT2D eigenvalue weighted by atomic mass is 10.0. The van der Waals surface area contributed by atoms with Crippen LogP contribution in [0.5, 0.6) is 0 Å². The summed E-state index contributed by atoms with van der Waals surface area (Å²) in [5, 5.41) is 11.2. The molecular weight excluding hydrogens is 448 g/mol. The molecule has 4 N–H and O–H groups in total. The van der Waals surface area contributed by atoms with Gasteiger partial charge in [-0.1, -0.05) is 12.1 Å². The third-order valence-corrected chi connectivity index (χ3v) is 7.65. The number of primary sulfonamides is 1. The predicted octanol–water partition coefficient (Wildman–Crippen LogP) is 1.65. The summed E-state index contributed by atoms with van der Waals surface area (Å²) < 4.78 is 22.6. The minimum Gasteiger partial charge on any atom is -0.354 e. The van der Waals surface area contributed by atoms with Gasteiger partial charge in [0.15, 0.2) is 0 Å². The Morgan fingerprint density at radius 2 is 1.81 bits per heavy atom. The van der Waals surface area contributed by atoms with E-state index >= 15 is 0 Å². The van der Waals surface area contributed by atoms with Gasteiger partial charge in [0, 0.05) is 30.6 Å². The summed E-state index contributed by atoms with van der Waals surface area (Å²) in [7, 11) is -3.70. The van der Waals surface area contributed by atoms with Crippen molar-refractivity contribution in [2.24, 2.45) is 5.14 Å². The van der Waals surface area contributed by atoms with Gasteiger partial charge in [-0.05, 0) is 62.9 Å². The van der Waals surface area contributed by atoms with Gasteiger partial charge in [-0.15, -0.1) is 11.3 Å². The summed E-state index contributed by atoms with van der Waals surface area (Å²) in [4.78, 5) is 28.9. The first-order valence-electron chi connectivity index (χ1n) is 10.6. The number of nitrogens with two attached hydrogens (primary N) is 1. The Morgan fingerprint density at radius 3 is 2.38 bits per heavy atom. The van der Waals surface area contributed by atoms with Gasteiger partial charge in [-0.3, -0.25) is 14.5 Å². The smallest absolute Gasteiger partial charge is 0.261 e. The SMILES string of the molecule is Cc1ccc(C(=O)NC2CCN(C(C)C(=O)NCCc3ccc(S(N)(=O)=O)cc3)CC2)s1. The number of rotatable bonds is 8. The fourth-order valence-corrected chi connectivity index (χ4v) is 5.02. The van der Waals surface area contributed by atoms with E-state index in [1.54, 1.807) is 12.1 Å². The van der Waals surface area contributed by atoms with Gasteiger partial charge in [0.1, 0.15) is 0 Å². The number of benzene rings is 1.